The Morgan fingerprint density at radius 1 is 1.04 bits per heavy atom. The number of thioether (sulfide) groups is 1. The maximum atomic E-state index is 12.8. The van der Waals surface area contributed by atoms with E-state index in [9.17, 15) is 14.0 Å². The van der Waals surface area contributed by atoms with Crippen molar-refractivity contribution in [3.8, 4) is 0 Å². The lowest BCUT2D eigenvalue weighted by Crippen LogP contribution is -2.35. The minimum Gasteiger partial charge on any atom is -0.308 e. The number of aromatic nitrogens is 2. The maximum Gasteiger partial charge on any atom is 0.325 e. The molecule has 0 atom stereocenters. The second-order valence-corrected chi connectivity index (χ2v) is 6.36. The fraction of sp³-hybridized carbons (Fsp3) is 0.111. The van der Waals surface area contributed by atoms with E-state index in [0.717, 1.165) is 16.7 Å². The molecular weight excluding hydrogens is 355 g/mol. The first-order chi connectivity index (χ1) is 12.5. The van der Waals surface area contributed by atoms with E-state index in [0.29, 0.717) is 10.7 Å². The predicted octanol–water partition coefficient (Wildman–Crippen LogP) is 3.52. The van der Waals surface area contributed by atoms with Gasteiger partial charge in [0.1, 0.15) is 10.8 Å². The zero-order chi connectivity index (χ0) is 18.5. The number of aryl methyl sites for hydroxylation is 1. The largest absolute Gasteiger partial charge is 0.325 e. The number of amides is 3. The Morgan fingerprint density at radius 3 is 2.38 bits per heavy atom. The van der Waals surface area contributed by atoms with E-state index < -0.39 is 17.8 Å². The summed E-state index contributed by atoms with van der Waals surface area (Å²) < 4.78 is 12.8. The van der Waals surface area contributed by atoms with Gasteiger partial charge in [0, 0.05) is 5.69 Å². The first kappa shape index (κ1) is 17.8. The van der Waals surface area contributed by atoms with E-state index in [2.05, 4.69) is 20.6 Å². The van der Waals surface area contributed by atoms with Crippen LogP contribution >= 0.6 is 11.8 Å². The highest BCUT2D eigenvalue weighted by atomic mass is 32.2. The summed E-state index contributed by atoms with van der Waals surface area (Å²) >= 11 is 1.20. The van der Waals surface area contributed by atoms with Gasteiger partial charge < -0.3 is 5.32 Å². The normalized spacial score (nSPS) is 10.5. The summed E-state index contributed by atoms with van der Waals surface area (Å²) in [5.41, 5.74) is 2.64. The molecule has 26 heavy (non-hydrogen) atoms. The molecule has 0 saturated carbocycles. The van der Waals surface area contributed by atoms with Crippen LogP contribution in [0.1, 0.15) is 5.69 Å². The molecule has 3 rings (SSSR count). The van der Waals surface area contributed by atoms with Crippen molar-refractivity contribution in [2.24, 2.45) is 0 Å². The average Bonchev–Trinajstić information content (AvgIpc) is 2.62. The second kappa shape index (κ2) is 7.92. The number of nitrogens with zero attached hydrogens (tertiary/aromatic N) is 2. The monoisotopic (exact) mass is 370 g/mol. The van der Waals surface area contributed by atoms with Crippen LogP contribution < -0.4 is 10.6 Å². The molecule has 0 saturated heterocycles. The highest BCUT2D eigenvalue weighted by molar-refractivity contribution is 7.99. The Balaban J connectivity index is 1.56. The van der Waals surface area contributed by atoms with Crippen LogP contribution in [0.15, 0.2) is 53.6 Å². The van der Waals surface area contributed by atoms with Gasteiger partial charge in [0.05, 0.1) is 22.5 Å². The molecule has 3 amide bonds. The number of anilines is 1. The van der Waals surface area contributed by atoms with Crippen LogP contribution in [0.3, 0.4) is 0 Å². The van der Waals surface area contributed by atoms with Crippen molar-refractivity contribution in [3.05, 3.63) is 60.0 Å². The highest BCUT2D eigenvalue weighted by Gasteiger charge is 2.11. The molecule has 1 aromatic heterocycles. The molecule has 2 aromatic carbocycles. The Morgan fingerprint density at radius 2 is 1.69 bits per heavy atom. The van der Waals surface area contributed by atoms with Crippen molar-refractivity contribution < 1.29 is 14.0 Å². The third-order valence-corrected chi connectivity index (χ3v) is 4.46. The highest BCUT2D eigenvalue weighted by Crippen LogP contribution is 2.21. The Labute approximate surface area is 153 Å². The van der Waals surface area contributed by atoms with Crippen molar-refractivity contribution >= 4 is 40.4 Å². The zero-order valence-electron chi connectivity index (χ0n) is 13.8. The number of imide groups is 1. The number of carbonyl (C=O) groups excluding carboxylic acids is 2. The maximum absolute atomic E-state index is 12.8. The molecule has 0 aliphatic rings. The third kappa shape index (κ3) is 4.54. The summed E-state index contributed by atoms with van der Waals surface area (Å²) in [6.07, 6.45) is 0. The van der Waals surface area contributed by atoms with E-state index in [1.165, 1.54) is 36.0 Å². The van der Waals surface area contributed by atoms with Crippen LogP contribution in [0.25, 0.3) is 11.0 Å². The fourth-order valence-electron chi connectivity index (χ4n) is 2.20. The molecule has 0 aliphatic carbocycles. The molecule has 0 bridgehead atoms. The topological polar surface area (TPSA) is 84.0 Å². The van der Waals surface area contributed by atoms with Crippen molar-refractivity contribution in [2.45, 2.75) is 11.9 Å². The molecule has 132 valence electrons. The SMILES string of the molecule is Cc1nc2ccccc2nc1SCC(=O)NC(=O)Nc1ccc(F)cc1. The van der Waals surface area contributed by atoms with Gasteiger partial charge in [-0.05, 0) is 43.3 Å². The molecule has 6 nitrogen and oxygen atoms in total. The van der Waals surface area contributed by atoms with Crippen LogP contribution in [0.5, 0.6) is 0 Å². The summed E-state index contributed by atoms with van der Waals surface area (Å²) in [6, 6.07) is 12.0. The minimum atomic E-state index is -0.677. The minimum absolute atomic E-state index is 0.0185. The molecule has 0 radical (unpaired) electrons. The van der Waals surface area contributed by atoms with Crippen molar-refractivity contribution in [1.82, 2.24) is 15.3 Å². The molecular formula is C18H15FN4O2S. The van der Waals surface area contributed by atoms with E-state index in [1.54, 1.807) is 0 Å². The smallest absolute Gasteiger partial charge is 0.308 e. The van der Waals surface area contributed by atoms with Gasteiger partial charge >= 0.3 is 6.03 Å². The number of nitrogens with one attached hydrogen (secondary N) is 2. The van der Waals surface area contributed by atoms with E-state index >= 15 is 0 Å². The van der Waals surface area contributed by atoms with Crippen LogP contribution in [0.2, 0.25) is 0 Å². The van der Waals surface area contributed by atoms with E-state index in [-0.39, 0.29) is 5.75 Å². The van der Waals surface area contributed by atoms with Gasteiger partial charge in [0.15, 0.2) is 0 Å². The van der Waals surface area contributed by atoms with Gasteiger partial charge in [0.2, 0.25) is 5.91 Å². The van der Waals surface area contributed by atoms with Crippen molar-refractivity contribution in [2.75, 3.05) is 11.1 Å². The first-order valence-corrected chi connectivity index (χ1v) is 8.72. The van der Waals surface area contributed by atoms with Gasteiger partial charge in [-0.1, -0.05) is 23.9 Å². The van der Waals surface area contributed by atoms with Gasteiger partial charge in [-0.3, -0.25) is 10.1 Å². The number of urea groups is 1. The van der Waals surface area contributed by atoms with Crippen LogP contribution in [-0.4, -0.2) is 27.7 Å². The number of fused-ring (bicyclic) bond motifs is 1. The molecule has 0 aliphatic heterocycles. The van der Waals surface area contributed by atoms with Crippen LogP contribution in [0, 0.1) is 12.7 Å². The lowest BCUT2D eigenvalue weighted by atomic mass is 10.3. The van der Waals surface area contributed by atoms with Crippen molar-refractivity contribution in [3.63, 3.8) is 0 Å². The molecule has 2 N–H and O–H groups in total. The molecule has 0 unspecified atom stereocenters. The number of rotatable bonds is 4. The van der Waals surface area contributed by atoms with Crippen molar-refractivity contribution in [1.29, 1.82) is 0 Å². The van der Waals surface area contributed by atoms with E-state index in [1.807, 2.05) is 31.2 Å². The number of hydrogen-bond donors (Lipinski definition) is 2. The summed E-state index contributed by atoms with van der Waals surface area (Å²) in [7, 11) is 0. The quantitative estimate of drug-likeness (QED) is 0.687. The first-order valence-electron chi connectivity index (χ1n) is 7.74. The summed E-state index contributed by atoms with van der Waals surface area (Å²) in [5.74, 6) is -0.857. The predicted molar refractivity (Wildman–Crippen MR) is 98.6 cm³/mol. The second-order valence-electron chi connectivity index (χ2n) is 5.40. The Kier molecular flexibility index (Phi) is 5.43. The van der Waals surface area contributed by atoms with E-state index in [4.69, 9.17) is 0 Å². The Hall–Kier alpha value is -3.00. The number of benzene rings is 2. The molecule has 8 heteroatoms. The lowest BCUT2D eigenvalue weighted by Gasteiger charge is -2.08. The average molecular weight is 370 g/mol. The summed E-state index contributed by atoms with van der Waals surface area (Å²) in [4.78, 5) is 32.7. The standard InChI is InChI=1S/C18H15FN4O2S/c1-11-17(22-15-5-3-2-4-14(15)20-11)26-10-16(24)23-18(25)21-13-8-6-12(19)7-9-13/h2-9H,10H2,1H3,(H2,21,23,24,25). The molecule has 3 aromatic rings. The fourth-order valence-corrected chi connectivity index (χ4v) is 2.96. The molecule has 0 spiro atoms. The van der Waals surface area contributed by atoms with Gasteiger partial charge in [-0.25, -0.2) is 19.2 Å². The number of hydrogen-bond acceptors (Lipinski definition) is 5. The van der Waals surface area contributed by atoms with Crippen LogP contribution in [-0.2, 0) is 4.79 Å². The Bertz CT molecular complexity index is 963. The molecule has 0 fully saturated rings. The number of halogens is 1. The van der Waals surface area contributed by atoms with Gasteiger partial charge in [0.25, 0.3) is 0 Å². The van der Waals surface area contributed by atoms with Crippen LogP contribution in [0.4, 0.5) is 14.9 Å². The lowest BCUT2D eigenvalue weighted by molar-refractivity contribution is -0.117. The third-order valence-electron chi connectivity index (χ3n) is 3.40. The zero-order valence-corrected chi connectivity index (χ0v) is 14.6. The van der Waals surface area contributed by atoms with Gasteiger partial charge in [-0.15, -0.1) is 0 Å². The molecule has 1 heterocycles. The summed E-state index contributed by atoms with van der Waals surface area (Å²) in [6.45, 7) is 1.82. The van der Waals surface area contributed by atoms with Gasteiger partial charge in [-0.2, -0.15) is 0 Å². The summed E-state index contributed by atoms with van der Waals surface area (Å²) in [5, 5.41) is 5.31. The number of carbonyl (C=O) groups is 2. The number of para-hydroxylation sites is 2.